The lowest BCUT2D eigenvalue weighted by molar-refractivity contribution is -0.141. The number of benzene rings is 1. The number of nitrogens with zero attached hydrogens (tertiary/aromatic N) is 1. The zero-order valence-corrected chi connectivity index (χ0v) is 21.6. The van der Waals surface area contributed by atoms with Gasteiger partial charge in [-0.1, -0.05) is 31.3 Å². The van der Waals surface area contributed by atoms with Crippen LogP contribution < -0.4 is 10.2 Å². The third kappa shape index (κ3) is 3.70. The summed E-state index contributed by atoms with van der Waals surface area (Å²) in [5, 5.41) is 3.42. The third-order valence-electron chi connectivity index (χ3n) is 8.52. The number of fused-ring (bicyclic) bond motifs is 9. The maximum Gasteiger partial charge on any atom is 0.416 e. The van der Waals surface area contributed by atoms with Gasteiger partial charge in [-0.05, 0) is 42.4 Å². The molecular weight excluding hydrogens is 527 g/mol. The van der Waals surface area contributed by atoms with Crippen molar-refractivity contribution in [3.63, 3.8) is 0 Å². The molecule has 1 aromatic carbocycles. The maximum atomic E-state index is 13.4. The number of H-pyrrole nitrogens is 1. The minimum atomic E-state index is -4.53. The predicted octanol–water partition coefficient (Wildman–Crippen LogP) is 4.10. The molecule has 7 nitrogen and oxygen atoms in total. The number of thiazole rings is 1. The lowest BCUT2D eigenvalue weighted by Crippen LogP contribution is -2.48. The van der Waals surface area contributed by atoms with Crippen LogP contribution in [-0.4, -0.2) is 39.4 Å². The first-order valence-corrected chi connectivity index (χ1v) is 13.8. The van der Waals surface area contributed by atoms with Crippen molar-refractivity contribution in [3.8, 4) is 0 Å². The van der Waals surface area contributed by atoms with E-state index in [1.807, 2.05) is 0 Å². The van der Waals surface area contributed by atoms with E-state index in [0.29, 0.717) is 0 Å². The van der Waals surface area contributed by atoms with Crippen molar-refractivity contribution in [3.05, 3.63) is 44.4 Å². The lowest BCUT2D eigenvalue weighted by atomic mass is 9.64. The number of aromatic nitrogens is 1. The second kappa shape index (κ2) is 8.20. The zero-order chi connectivity index (χ0) is 26.4. The monoisotopic (exact) mass is 551 g/mol. The number of halogens is 3. The van der Waals surface area contributed by atoms with E-state index in [1.54, 1.807) is 11.8 Å². The largest absolute Gasteiger partial charge is 0.416 e. The van der Waals surface area contributed by atoms with Crippen LogP contribution in [0, 0.1) is 29.6 Å². The first-order valence-electron chi connectivity index (χ1n) is 12.1. The summed E-state index contributed by atoms with van der Waals surface area (Å²) < 4.78 is 38.8. The second-order valence-electron chi connectivity index (χ2n) is 10.8. The molecule has 12 heteroatoms. The Morgan fingerprint density at radius 2 is 1.86 bits per heavy atom. The molecule has 1 saturated heterocycles. The fourth-order valence-corrected chi connectivity index (χ4v) is 10.3. The molecule has 3 heterocycles. The molecule has 2 aromatic rings. The Morgan fingerprint density at radius 3 is 2.57 bits per heavy atom. The van der Waals surface area contributed by atoms with Crippen molar-refractivity contribution in [1.29, 1.82) is 0 Å². The normalized spacial score (nSPS) is 31.3. The number of likely N-dealkylation sites (tertiary alicyclic amines) is 1. The highest BCUT2D eigenvalue weighted by Gasteiger charge is 2.70. The van der Waals surface area contributed by atoms with E-state index in [9.17, 15) is 32.3 Å². The number of alkyl halides is 3. The quantitative estimate of drug-likeness (QED) is 0.558. The molecule has 1 aromatic heterocycles. The van der Waals surface area contributed by atoms with Crippen molar-refractivity contribution in [2.45, 2.75) is 48.6 Å². The van der Waals surface area contributed by atoms with Gasteiger partial charge in [-0.3, -0.25) is 24.1 Å². The summed E-state index contributed by atoms with van der Waals surface area (Å²) in [6.45, 7) is 4.11. The van der Waals surface area contributed by atoms with Crippen LogP contribution in [0.25, 0.3) is 0 Å². The van der Waals surface area contributed by atoms with Gasteiger partial charge in [0.1, 0.15) is 0 Å². The molecule has 3 amide bonds. The van der Waals surface area contributed by atoms with Gasteiger partial charge in [0.05, 0.1) is 22.4 Å². The van der Waals surface area contributed by atoms with E-state index in [2.05, 4.69) is 24.1 Å². The van der Waals surface area contributed by atoms with Crippen molar-refractivity contribution in [1.82, 2.24) is 9.88 Å². The molecule has 2 aliphatic carbocycles. The fraction of sp³-hybridized carbons (Fsp3) is 0.520. The molecule has 6 atom stereocenters. The molecule has 2 bridgehead atoms. The molecule has 196 valence electrons. The van der Waals surface area contributed by atoms with Crippen molar-refractivity contribution < 1.29 is 27.6 Å². The number of imide groups is 1. The average molecular weight is 552 g/mol. The first kappa shape index (κ1) is 24.7. The highest BCUT2D eigenvalue weighted by Crippen LogP contribution is 2.68. The van der Waals surface area contributed by atoms with Crippen LogP contribution in [-0.2, 0) is 26.0 Å². The molecule has 0 unspecified atom stereocenters. The van der Waals surface area contributed by atoms with Gasteiger partial charge in [-0.15, -0.1) is 11.8 Å². The number of hydrogen-bond acceptors (Lipinski definition) is 6. The van der Waals surface area contributed by atoms with Crippen molar-refractivity contribution in [2.75, 3.05) is 11.9 Å². The van der Waals surface area contributed by atoms with Crippen LogP contribution in [0.15, 0.2) is 34.1 Å². The van der Waals surface area contributed by atoms with Crippen LogP contribution in [0.3, 0.4) is 0 Å². The number of aromatic amines is 1. The summed E-state index contributed by atoms with van der Waals surface area (Å²) in [4.78, 5) is 56.3. The first-order chi connectivity index (χ1) is 17.4. The number of anilines is 1. The average Bonchev–Trinajstić information content (AvgIpc) is 3.54. The SMILES string of the molecule is CC1(C)c2sc(=O)[nH]c2S[C@@H]2[C@H]3C[C@@H]([C@@H]4C(=O)N(CCC(=O)Nc5cccc(C(F)(F)F)c5)C(=O)[C@H]34)[C@@H]21. The van der Waals surface area contributed by atoms with Crippen LogP contribution in [0.1, 0.15) is 37.1 Å². The Balaban J connectivity index is 1.16. The molecule has 6 rings (SSSR count). The topological polar surface area (TPSA) is 99.3 Å². The molecule has 2 aliphatic heterocycles. The molecule has 2 saturated carbocycles. The Labute approximate surface area is 218 Å². The highest BCUT2D eigenvalue weighted by atomic mass is 32.2. The van der Waals surface area contributed by atoms with E-state index < -0.39 is 29.5 Å². The van der Waals surface area contributed by atoms with Gasteiger partial charge in [-0.2, -0.15) is 13.2 Å². The summed E-state index contributed by atoms with van der Waals surface area (Å²) >= 11 is 2.83. The molecule has 0 spiro atoms. The van der Waals surface area contributed by atoms with Gasteiger partial charge < -0.3 is 10.3 Å². The number of carbonyl (C=O) groups excluding carboxylic acids is 3. The number of thioether (sulfide) groups is 1. The molecule has 37 heavy (non-hydrogen) atoms. The summed E-state index contributed by atoms with van der Waals surface area (Å²) in [5.74, 6) is -1.77. The van der Waals surface area contributed by atoms with Gasteiger partial charge in [0.2, 0.25) is 17.7 Å². The number of carbonyl (C=O) groups is 3. The van der Waals surface area contributed by atoms with Gasteiger partial charge >= 0.3 is 11.0 Å². The summed E-state index contributed by atoms with van der Waals surface area (Å²) in [6.07, 6.45) is -3.94. The molecular formula is C25H24F3N3O4S2. The van der Waals surface area contributed by atoms with Crippen molar-refractivity contribution in [2.24, 2.45) is 29.6 Å². The van der Waals surface area contributed by atoms with Gasteiger partial charge in [0, 0.05) is 34.2 Å². The summed E-state index contributed by atoms with van der Waals surface area (Å²) in [5.41, 5.74) is -1.18. The van der Waals surface area contributed by atoms with Crippen LogP contribution in [0.4, 0.5) is 18.9 Å². The maximum absolute atomic E-state index is 13.4. The number of amides is 3. The van der Waals surface area contributed by atoms with E-state index >= 15 is 0 Å². The second-order valence-corrected chi connectivity index (χ2v) is 13.0. The Bertz CT molecular complexity index is 1380. The van der Waals surface area contributed by atoms with Crippen molar-refractivity contribution >= 4 is 46.5 Å². The van der Waals surface area contributed by atoms with Gasteiger partial charge in [-0.25, -0.2) is 0 Å². The molecule has 4 aliphatic rings. The van der Waals surface area contributed by atoms with E-state index in [1.165, 1.54) is 28.4 Å². The Morgan fingerprint density at radius 1 is 1.16 bits per heavy atom. The highest BCUT2D eigenvalue weighted by molar-refractivity contribution is 8.00. The fourth-order valence-electron chi connectivity index (χ4n) is 7.15. The Hall–Kier alpha value is -2.60. The standard InChI is InChI=1S/C25H24F3N3O4S2/c1-24(2)17-12-9-13(18(17)36-20-19(24)37-23(35)30-20)16-15(12)21(33)31(22(16)34)7-6-14(32)29-11-5-3-4-10(8-11)25(26,27)28/h3-5,8,12-13,15-18H,6-7,9H2,1-2H3,(H,29,32)(H,30,35)/t12-,13-,15-,16+,17-,18+/m0/s1. The minimum Gasteiger partial charge on any atom is -0.326 e. The summed E-state index contributed by atoms with van der Waals surface area (Å²) in [6, 6.07) is 4.32. The Kier molecular flexibility index (Phi) is 5.48. The molecule has 0 radical (unpaired) electrons. The minimum absolute atomic E-state index is 0.00246. The van der Waals surface area contributed by atoms with Gasteiger partial charge in [0.15, 0.2) is 0 Å². The lowest BCUT2D eigenvalue weighted by Gasteiger charge is -2.47. The third-order valence-corrected chi connectivity index (χ3v) is 11.3. The van der Waals surface area contributed by atoms with Crippen LogP contribution in [0.5, 0.6) is 0 Å². The molecule has 2 N–H and O–H groups in total. The molecule has 3 fully saturated rings. The number of rotatable bonds is 4. The van der Waals surface area contributed by atoms with E-state index in [4.69, 9.17) is 0 Å². The summed E-state index contributed by atoms with van der Waals surface area (Å²) in [7, 11) is 0. The smallest absolute Gasteiger partial charge is 0.326 e. The zero-order valence-electron chi connectivity index (χ0n) is 19.9. The van der Waals surface area contributed by atoms with E-state index in [-0.39, 0.29) is 63.8 Å². The van der Waals surface area contributed by atoms with E-state index in [0.717, 1.165) is 28.5 Å². The number of hydrogen-bond donors (Lipinski definition) is 2. The number of nitrogens with one attached hydrogen (secondary N) is 2. The predicted molar refractivity (Wildman–Crippen MR) is 131 cm³/mol. The van der Waals surface area contributed by atoms with Gasteiger partial charge in [0.25, 0.3) is 0 Å². The van der Waals surface area contributed by atoms with Crippen LogP contribution >= 0.6 is 23.1 Å². The van der Waals surface area contributed by atoms with Crippen LogP contribution in [0.2, 0.25) is 0 Å².